The number of aromatic nitrogens is 2. The van der Waals surface area contributed by atoms with Gasteiger partial charge in [-0.25, -0.2) is 9.97 Å². The zero-order chi connectivity index (χ0) is 14.0. The maximum atomic E-state index is 11.0. The fraction of sp³-hybridized carbons (Fsp3) is 0.636. The van der Waals surface area contributed by atoms with Crippen molar-refractivity contribution in [1.29, 1.82) is 0 Å². The first kappa shape index (κ1) is 14.0. The van der Waals surface area contributed by atoms with Gasteiger partial charge < -0.3 is 10.1 Å². The second-order valence-corrected chi connectivity index (χ2v) is 4.99. The SMILES string of the molecule is CC(C)Nc1nc(C2CCCO2)nc(Cl)c1[N+](=O)[O-]. The Labute approximate surface area is 115 Å². The van der Waals surface area contributed by atoms with Gasteiger partial charge in [-0.3, -0.25) is 10.1 Å². The first-order chi connectivity index (χ1) is 8.99. The quantitative estimate of drug-likeness (QED) is 0.520. The van der Waals surface area contributed by atoms with Crippen LogP contribution in [0.2, 0.25) is 5.15 Å². The predicted molar refractivity (Wildman–Crippen MR) is 70.4 cm³/mol. The summed E-state index contributed by atoms with van der Waals surface area (Å²) in [5, 5.41) is 13.8. The van der Waals surface area contributed by atoms with Gasteiger partial charge in [0.25, 0.3) is 0 Å². The van der Waals surface area contributed by atoms with E-state index >= 15 is 0 Å². The minimum absolute atomic E-state index is 0.00186. The molecule has 104 valence electrons. The molecule has 0 bridgehead atoms. The molecule has 1 atom stereocenters. The minimum Gasteiger partial charge on any atom is -0.370 e. The van der Waals surface area contributed by atoms with E-state index in [0.717, 1.165) is 12.8 Å². The van der Waals surface area contributed by atoms with Gasteiger partial charge in [0.2, 0.25) is 11.0 Å². The summed E-state index contributed by atoms with van der Waals surface area (Å²) in [6.45, 7) is 4.38. The summed E-state index contributed by atoms with van der Waals surface area (Å²) in [6, 6.07) is 0.00186. The van der Waals surface area contributed by atoms with Crippen molar-refractivity contribution >= 4 is 23.1 Å². The highest BCUT2D eigenvalue weighted by atomic mass is 35.5. The van der Waals surface area contributed by atoms with Crippen LogP contribution in [0.25, 0.3) is 0 Å². The minimum atomic E-state index is -0.577. The topological polar surface area (TPSA) is 90.2 Å². The molecule has 0 aromatic carbocycles. The van der Waals surface area contributed by atoms with Crippen LogP contribution in [0, 0.1) is 10.1 Å². The number of nitro groups is 1. The smallest absolute Gasteiger partial charge is 0.348 e. The zero-order valence-corrected chi connectivity index (χ0v) is 11.5. The van der Waals surface area contributed by atoms with Crippen molar-refractivity contribution in [2.24, 2.45) is 0 Å². The average molecular weight is 287 g/mol. The Hall–Kier alpha value is -1.47. The van der Waals surface area contributed by atoms with E-state index in [1.54, 1.807) is 0 Å². The molecule has 1 N–H and O–H groups in total. The van der Waals surface area contributed by atoms with Gasteiger partial charge >= 0.3 is 5.69 Å². The number of ether oxygens (including phenoxy) is 1. The number of hydrogen-bond acceptors (Lipinski definition) is 6. The molecule has 7 nitrogen and oxygen atoms in total. The molecule has 0 amide bonds. The summed E-state index contributed by atoms with van der Waals surface area (Å²) in [4.78, 5) is 18.6. The number of nitrogens with zero attached hydrogens (tertiary/aromatic N) is 3. The van der Waals surface area contributed by atoms with E-state index in [0.29, 0.717) is 12.4 Å². The van der Waals surface area contributed by atoms with E-state index in [4.69, 9.17) is 16.3 Å². The lowest BCUT2D eigenvalue weighted by molar-refractivity contribution is -0.384. The van der Waals surface area contributed by atoms with E-state index in [1.165, 1.54) is 0 Å². The Morgan fingerprint density at radius 3 is 2.79 bits per heavy atom. The molecule has 1 aliphatic rings. The Morgan fingerprint density at radius 2 is 2.26 bits per heavy atom. The van der Waals surface area contributed by atoms with Crippen molar-refractivity contribution in [2.45, 2.75) is 38.8 Å². The Bertz CT molecular complexity index is 489. The molecule has 0 aliphatic carbocycles. The number of halogens is 1. The highest BCUT2D eigenvalue weighted by molar-refractivity contribution is 6.31. The summed E-state index contributed by atoms with van der Waals surface area (Å²) in [7, 11) is 0. The maximum Gasteiger partial charge on any atom is 0.348 e. The molecular formula is C11H15ClN4O3. The van der Waals surface area contributed by atoms with Crippen LogP contribution in [0.5, 0.6) is 0 Å². The molecule has 2 rings (SSSR count). The third kappa shape index (κ3) is 3.10. The molecule has 1 unspecified atom stereocenters. The van der Waals surface area contributed by atoms with E-state index in [2.05, 4.69) is 15.3 Å². The van der Waals surface area contributed by atoms with Gasteiger partial charge in [-0.2, -0.15) is 0 Å². The summed E-state index contributed by atoms with van der Waals surface area (Å²) in [5.41, 5.74) is -0.294. The van der Waals surface area contributed by atoms with Crippen LogP contribution in [-0.4, -0.2) is 27.5 Å². The molecule has 19 heavy (non-hydrogen) atoms. The van der Waals surface area contributed by atoms with Crippen molar-refractivity contribution in [3.05, 3.63) is 21.1 Å². The van der Waals surface area contributed by atoms with Crippen molar-refractivity contribution in [1.82, 2.24) is 9.97 Å². The summed E-state index contributed by atoms with van der Waals surface area (Å²) >= 11 is 5.90. The molecule has 1 saturated heterocycles. The van der Waals surface area contributed by atoms with E-state index < -0.39 is 4.92 Å². The average Bonchev–Trinajstić information content (AvgIpc) is 2.79. The van der Waals surface area contributed by atoms with Crippen LogP contribution < -0.4 is 5.32 Å². The van der Waals surface area contributed by atoms with Crippen LogP contribution in [0.4, 0.5) is 11.5 Å². The van der Waals surface area contributed by atoms with Crippen molar-refractivity contribution < 1.29 is 9.66 Å². The fourth-order valence-corrected chi connectivity index (χ4v) is 2.15. The fourth-order valence-electron chi connectivity index (χ4n) is 1.90. The molecule has 0 saturated carbocycles. The summed E-state index contributed by atoms with van der Waals surface area (Å²) in [6.07, 6.45) is 1.50. The zero-order valence-electron chi connectivity index (χ0n) is 10.7. The third-order valence-corrected chi connectivity index (χ3v) is 2.95. The van der Waals surface area contributed by atoms with Crippen LogP contribution in [0.15, 0.2) is 0 Å². The monoisotopic (exact) mass is 286 g/mol. The van der Waals surface area contributed by atoms with Crippen molar-refractivity contribution in [3.63, 3.8) is 0 Å². The largest absolute Gasteiger partial charge is 0.370 e. The highest BCUT2D eigenvalue weighted by Crippen LogP contribution is 2.34. The van der Waals surface area contributed by atoms with Gasteiger partial charge in [-0.15, -0.1) is 0 Å². The van der Waals surface area contributed by atoms with Gasteiger partial charge in [0.15, 0.2) is 5.82 Å². The van der Waals surface area contributed by atoms with Gasteiger partial charge in [0.05, 0.1) is 4.92 Å². The van der Waals surface area contributed by atoms with E-state index in [-0.39, 0.29) is 28.8 Å². The molecular weight excluding hydrogens is 272 g/mol. The summed E-state index contributed by atoms with van der Waals surface area (Å²) in [5.74, 6) is 0.543. The lowest BCUT2D eigenvalue weighted by Crippen LogP contribution is -2.15. The maximum absolute atomic E-state index is 11.0. The van der Waals surface area contributed by atoms with Crippen LogP contribution in [-0.2, 0) is 4.74 Å². The Balaban J connectivity index is 2.43. The number of nitrogens with one attached hydrogen (secondary N) is 1. The van der Waals surface area contributed by atoms with Crippen LogP contribution in [0.1, 0.15) is 38.6 Å². The Kier molecular flexibility index (Phi) is 4.16. The predicted octanol–water partition coefficient (Wildman–Crippen LogP) is 2.71. The van der Waals surface area contributed by atoms with E-state index in [1.807, 2.05) is 13.8 Å². The molecule has 0 spiro atoms. The van der Waals surface area contributed by atoms with Crippen molar-refractivity contribution in [2.75, 3.05) is 11.9 Å². The second kappa shape index (κ2) is 5.66. The standard InChI is InChI=1S/C11H15ClN4O3/c1-6(2)13-11-8(16(17)18)9(12)14-10(15-11)7-4-3-5-19-7/h6-7H,3-5H2,1-2H3,(H,13,14,15). The normalized spacial score (nSPS) is 18.8. The van der Waals surface area contributed by atoms with E-state index in [9.17, 15) is 10.1 Å². The molecule has 8 heteroatoms. The molecule has 1 aromatic rings. The van der Waals surface area contributed by atoms with Crippen molar-refractivity contribution in [3.8, 4) is 0 Å². The molecule has 1 fully saturated rings. The molecule has 1 aromatic heterocycles. The number of rotatable bonds is 4. The third-order valence-electron chi connectivity index (χ3n) is 2.68. The molecule has 1 aliphatic heterocycles. The second-order valence-electron chi connectivity index (χ2n) is 4.63. The first-order valence-corrected chi connectivity index (χ1v) is 6.46. The summed E-state index contributed by atoms with van der Waals surface area (Å²) < 4.78 is 5.47. The van der Waals surface area contributed by atoms with Gasteiger partial charge in [-0.1, -0.05) is 11.6 Å². The van der Waals surface area contributed by atoms with Crippen LogP contribution in [0.3, 0.4) is 0 Å². The van der Waals surface area contributed by atoms with Crippen LogP contribution >= 0.6 is 11.6 Å². The number of hydrogen-bond donors (Lipinski definition) is 1. The van der Waals surface area contributed by atoms with Gasteiger partial charge in [0.1, 0.15) is 6.10 Å². The highest BCUT2D eigenvalue weighted by Gasteiger charge is 2.28. The van der Waals surface area contributed by atoms with Gasteiger partial charge in [-0.05, 0) is 26.7 Å². The molecule has 0 radical (unpaired) electrons. The van der Waals surface area contributed by atoms with Gasteiger partial charge in [0, 0.05) is 12.6 Å². The Morgan fingerprint density at radius 1 is 1.53 bits per heavy atom. The first-order valence-electron chi connectivity index (χ1n) is 6.09. The lowest BCUT2D eigenvalue weighted by Gasteiger charge is -2.13. The molecule has 2 heterocycles. The lowest BCUT2D eigenvalue weighted by atomic mass is 10.2. The number of anilines is 1.